The monoisotopic (exact) mass is 304 g/mol. The van der Waals surface area contributed by atoms with Gasteiger partial charge in [-0.05, 0) is 42.7 Å². The van der Waals surface area contributed by atoms with Crippen molar-refractivity contribution in [1.29, 1.82) is 0 Å². The molecule has 0 aliphatic carbocycles. The zero-order valence-corrected chi connectivity index (χ0v) is 12.2. The van der Waals surface area contributed by atoms with E-state index in [1.54, 1.807) is 42.5 Å². The lowest BCUT2D eigenvalue weighted by molar-refractivity contribution is 0.0696. The summed E-state index contributed by atoms with van der Waals surface area (Å²) < 4.78 is 24.2. The Kier molecular flexibility index (Phi) is 4.75. The van der Waals surface area contributed by atoms with Crippen LogP contribution in [0.5, 0.6) is 0 Å². The number of hydrogen-bond donors (Lipinski definition) is 1. The van der Waals surface area contributed by atoms with Gasteiger partial charge in [0.25, 0.3) is 0 Å². The van der Waals surface area contributed by atoms with Crippen LogP contribution < -0.4 is 0 Å². The van der Waals surface area contributed by atoms with Gasteiger partial charge in [-0.3, -0.25) is 0 Å². The van der Waals surface area contributed by atoms with Gasteiger partial charge in [0.05, 0.1) is 16.2 Å². The lowest BCUT2D eigenvalue weighted by atomic mass is 10.1. The quantitative estimate of drug-likeness (QED) is 0.890. The Labute approximate surface area is 124 Å². The van der Waals surface area contributed by atoms with Crippen LogP contribution in [0, 0.1) is 0 Å². The second kappa shape index (κ2) is 6.54. The Morgan fingerprint density at radius 2 is 1.71 bits per heavy atom. The van der Waals surface area contributed by atoms with Gasteiger partial charge in [-0.15, -0.1) is 0 Å². The highest BCUT2D eigenvalue weighted by molar-refractivity contribution is 7.91. The van der Waals surface area contributed by atoms with E-state index in [4.69, 9.17) is 5.11 Å². The summed E-state index contributed by atoms with van der Waals surface area (Å²) in [5, 5.41) is 8.92. The lowest BCUT2D eigenvalue weighted by Gasteiger charge is -2.05. The van der Waals surface area contributed by atoms with E-state index in [0.717, 1.165) is 5.56 Å². The molecular weight excluding hydrogens is 288 g/mol. The smallest absolute Gasteiger partial charge is 0.335 e. The number of carboxylic acids is 1. The minimum Gasteiger partial charge on any atom is -0.478 e. The number of carbonyl (C=O) groups is 1. The first-order valence-corrected chi connectivity index (χ1v) is 8.24. The van der Waals surface area contributed by atoms with E-state index in [-0.39, 0.29) is 11.3 Å². The summed E-state index contributed by atoms with van der Waals surface area (Å²) in [5.41, 5.74) is 1.05. The minimum absolute atomic E-state index is 0.0499. The number of benzene rings is 2. The van der Waals surface area contributed by atoms with E-state index < -0.39 is 15.8 Å². The fourth-order valence-electron chi connectivity index (χ4n) is 2.07. The number of aromatic carboxylic acids is 1. The number of rotatable bonds is 6. The van der Waals surface area contributed by atoms with Crippen molar-refractivity contribution in [2.24, 2.45) is 0 Å². The first kappa shape index (κ1) is 15.3. The molecule has 4 nitrogen and oxygen atoms in total. The predicted molar refractivity (Wildman–Crippen MR) is 80.2 cm³/mol. The van der Waals surface area contributed by atoms with Crippen molar-refractivity contribution >= 4 is 15.8 Å². The zero-order valence-electron chi connectivity index (χ0n) is 11.4. The molecule has 0 bridgehead atoms. The fraction of sp³-hybridized carbons (Fsp3) is 0.188. The average molecular weight is 304 g/mol. The van der Waals surface area contributed by atoms with Crippen molar-refractivity contribution in [2.75, 3.05) is 5.75 Å². The molecule has 0 fully saturated rings. The molecule has 2 aromatic carbocycles. The molecule has 0 aliphatic heterocycles. The molecule has 5 heteroatoms. The molecular formula is C16H16O4S. The molecule has 0 atom stereocenters. The van der Waals surface area contributed by atoms with Crippen molar-refractivity contribution in [1.82, 2.24) is 0 Å². The Morgan fingerprint density at radius 3 is 2.38 bits per heavy atom. The largest absolute Gasteiger partial charge is 0.478 e. The molecule has 0 spiro atoms. The van der Waals surface area contributed by atoms with Crippen LogP contribution in [0.15, 0.2) is 59.5 Å². The highest BCUT2D eigenvalue weighted by atomic mass is 32.2. The van der Waals surface area contributed by atoms with Crippen LogP contribution in [0.2, 0.25) is 0 Å². The second-order valence-electron chi connectivity index (χ2n) is 4.74. The SMILES string of the molecule is O=C(O)c1cccc(CCCS(=O)(=O)c2ccccc2)c1. The van der Waals surface area contributed by atoms with E-state index in [1.165, 1.54) is 6.07 Å². The van der Waals surface area contributed by atoms with Crippen LogP contribution in [-0.4, -0.2) is 25.2 Å². The van der Waals surface area contributed by atoms with Crippen LogP contribution in [0.25, 0.3) is 0 Å². The van der Waals surface area contributed by atoms with Gasteiger partial charge in [-0.1, -0.05) is 30.3 Å². The third-order valence-corrected chi connectivity index (χ3v) is 4.97. The van der Waals surface area contributed by atoms with Gasteiger partial charge >= 0.3 is 5.97 Å². The highest BCUT2D eigenvalue weighted by Gasteiger charge is 2.13. The van der Waals surface area contributed by atoms with E-state index >= 15 is 0 Å². The van der Waals surface area contributed by atoms with Crippen molar-refractivity contribution in [3.05, 3.63) is 65.7 Å². The summed E-state index contributed by atoms with van der Waals surface area (Å²) in [6.07, 6.45) is 0.994. The molecule has 2 rings (SSSR count). The molecule has 2 aromatic rings. The summed E-state index contributed by atoms with van der Waals surface area (Å²) in [6.45, 7) is 0. The molecule has 0 aromatic heterocycles. The van der Waals surface area contributed by atoms with Crippen molar-refractivity contribution in [3.63, 3.8) is 0 Å². The molecule has 0 radical (unpaired) electrons. The van der Waals surface area contributed by atoms with E-state index in [9.17, 15) is 13.2 Å². The van der Waals surface area contributed by atoms with Crippen LogP contribution in [0.3, 0.4) is 0 Å². The fourth-order valence-corrected chi connectivity index (χ4v) is 3.40. The topological polar surface area (TPSA) is 71.4 Å². The maximum atomic E-state index is 12.1. The van der Waals surface area contributed by atoms with Crippen LogP contribution in [-0.2, 0) is 16.3 Å². The molecule has 110 valence electrons. The molecule has 0 heterocycles. The van der Waals surface area contributed by atoms with Gasteiger partial charge in [0.1, 0.15) is 0 Å². The summed E-state index contributed by atoms with van der Waals surface area (Å²) >= 11 is 0. The second-order valence-corrected chi connectivity index (χ2v) is 6.85. The summed E-state index contributed by atoms with van der Waals surface area (Å²) in [6, 6.07) is 14.9. The molecule has 21 heavy (non-hydrogen) atoms. The Bertz CT molecular complexity index is 721. The number of carboxylic acid groups (broad SMARTS) is 1. The van der Waals surface area contributed by atoms with Crippen molar-refractivity contribution < 1.29 is 18.3 Å². The number of hydrogen-bond acceptors (Lipinski definition) is 3. The Hall–Kier alpha value is -2.14. The van der Waals surface area contributed by atoms with E-state index in [2.05, 4.69) is 0 Å². The minimum atomic E-state index is -3.27. The molecule has 0 saturated heterocycles. The standard InChI is InChI=1S/C16H16O4S/c17-16(18)14-8-4-6-13(12-14)7-5-11-21(19,20)15-9-2-1-3-10-15/h1-4,6,8-10,12H,5,7,11H2,(H,17,18). The van der Waals surface area contributed by atoms with Gasteiger partial charge in [0.2, 0.25) is 0 Å². The number of sulfone groups is 1. The summed E-state index contributed by atoms with van der Waals surface area (Å²) in [5.74, 6) is -0.928. The van der Waals surface area contributed by atoms with Gasteiger partial charge in [0, 0.05) is 0 Å². The van der Waals surface area contributed by atoms with Gasteiger partial charge in [-0.25, -0.2) is 13.2 Å². The predicted octanol–water partition coefficient (Wildman–Crippen LogP) is 2.79. The van der Waals surface area contributed by atoms with Crippen LogP contribution in [0.4, 0.5) is 0 Å². The van der Waals surface area contributed by atoms with Crippen molar-refractivity contribution in [2.45, 2.75) is 17.7 Å². The molecule has 0 amide bonds. The molecule has 0 aliphatic rings. The molecule has 0 saturated carbocycles. The summed E-state index contributed by atoms with van der Waals surface area (Å²) in [7, 11) is -3.27. The third kappa shape index (κ3) is 4.16. The van der Waals surface area contributed by atoms with Crippen LogP contribution >= 0.6 is 0 Å². The molecule has 0 unspecified atom stereocenters. The third-order valence-electron chi connectivity index (χ3n) is 3.15. The lowest BCUT2D eigenvalue weighted by Crippen LogP contribution is -2.07. The Morgan fingerprint density at radius 1 is 1.00 bits per heavy atom. The maximum Gasteiger partial charge on any atom is 0.335 e. The van der Waals surface area contributed by atoms with E-state index in [0.29, 0.717) is 17.7 Å². The first-order chi connectivity index (χ1) is 9.99. The Balaban J connectivity index is 1.98. The van der Waals surface area contributed by atoms with Crippen molar-refractivity contribution in [3.8, 4) is 0 Å². The average Bonchev–Trinajstić information content (AvgIpc) is 2.48. The maximum absolute atomic E-state index is 12.1. The number of aryl methyl sites for hydroxylation is 1. The highest BCUT2D eigenvalue weighted by Crippen LogP contribution is 2.13. The molecule has 1 N–H and O–H groups in total. The first-order valence-electron chi connectivity index (χ1n) is 6.59. The van der Waals surface area contributed by atoms with Crippen LogP contribution in [0.1, 0.15) is 22.3 Å². The normalized spacial score (nSPS) is 11.2. The van der Waals surface area contributed by atoms with Gasteiger partial charge in [0.15, 0.2) is 9.84 Å². The van der Waals surface area contributed by atoms with Gasteiger partial charge < -0.3 is 5.11 Å². The van der Waals surface area contributed by atoms with E-state index in [1.807, 2.05) is 6.07 Å². The van der Waals surface area contributed by atoms with Gasteiger partial charge in [-0.2, -0.15) is 0 Å². The zero-order chi connectivity index (χ0) is 15.3. The summed E-state index contributed by atoms with van der Waals surface area (Å²) in [4.78, 5) is 11.2.